The fraction of sp³-hybridized carbons (Fsp3) is 0.375. The predicted octanol–water partition coefficient (Wildman–Crippen LogP) is 1.92. The number of rotatable bonds is 4. The van der Waals surface area contributed by atoms with E-state index < -0.39 is 0 Å². The first-order valence-electron chi connectivity index (χ1n) is 8.10. The summed E-state index contributed by atoms with van der Waals surface area (Å²) < 4.78 is 7.40. The van der Waals surface area contributed by atoms with Crippen LogP contribution in [0.5, 0.6) is 0 Å². The zero-order chi connectivity index (χ0) is 16.4. The number of carbonyl (C=O) groups is 1. The highest BCUT2D eigenvalue weighted by Gasteiger charge is 2.17. The number of amides is 1. The standard InChI is InChI=1S/C16H18N6O2/c23-16(12-9-11(18-19-12)13-5-4-8-24-13)17-10-15-21-20-14-6-2-1-3-7-22(14)15/h4-5,8-9H,1-3,6-7,10H2,(H,17,23)(H,18,19). The van der Waals surface area contributed by atoms with Crippen LogP contribution in [0.2, 0.25) is 0 Å². The Kier molecular flexibility index (Phi) is 3.86. The van der Waals surface area contributed by atoms with Crippen LogP contribution >= 0.6 is 0 Å². The summed E-state index contributed by atoms with van der Waals surface area (Å²) in [5, 5.41) is 18.1. The minimum absolute atomic E-state index is 0.255. The molecule has 0 bridgehead atoms. The summed E-state index contributed by atoms with van der Waals surface area (Å²) in [6.07, 6.45) is 6.00. The second-order valence-electron chi connectivity index (χ2n) is 5.82. The zero-order valence-corrected chi connectivity index (χ0v) is 13.2. The van der Waals surface area contributed by atoms with Crippen molar-refractivity contribution in [1.82, 2.24) is 30.3 Å². The highest BCUT2D eigenvalue weighted by molar-refractivity contribution is 5.93. The number of nitrogens with zero attached hydrogens (tertiary/aromatic N) is 4. The van der Waals surface area contributed by atoms with Gasteiger partial charge in [0.05, 0.1) is 12.8 Å². The molecule has 3 aromatic rings. The maximum Gasteiger partial charge on any atom is 0.272 e. The Morgan fingerprint density at radius 2 is 2.29 bits per heavy atom. The molecule has 0 radical (unpaired) electrons. The van der Waals surface area contributed by atoms with E-state index in [1.165, 1.54) is 6.42 Å². The molecule has 0 aliphatic carbocycles. The van der Waals surface area contributed by atoms with Crippen molar-refractivity contribution in [3.63, 3.8) is 0 Å². The van der Waals surface area contributed by atoms with Gasteiger partial charge in [-0.25, -0.2) is 0 Å². The number of hydrogen-bond donors (Lipinski definition) is 2. The van der Waals surface area contributed by atoms with Crippen molar-refractivity contribution in [3.05, 3.63) is 41.8 Å². The van der Waals surface area contributed by atoms with Gasteiger partial charge < -0.3 is 14.3 Å². The van der Waals surface area contributed by atoms with Crippen molar-refractivity contribution >= 4 is 5.91 Å². The van der Waals surface area contributed by atoms with E-state index in [4.69, 9.17) is 4.42 Å². The molecule has 8 heteroatoms. The SMILES string of the molecule is O=C(NCc1nnc2n1CCCCC2)c1cc(-c2ccco2)[nH]n1. The molecule has 24 heavy (non-hydrogen) atoms. The topological polar surface area (TPSA) is 102 Å². The number of nitrogens with one attached hydrogen (secondary N) is 2. The third-order valence-corrected chi connectivity index (χ3v) is 4.19. The van der Waals surface area contributed by atoms with E-state index in [9.17, 15) is 4.79 Å². The van der Waals surface area contributed by atoms with Crippen molar-refractivity contribution in [2.75, 3.05) is 0 Å². The van der Waals surface area contributed by atoms with Crippen LogP contribution in [0.15, 0.2) is 28.9 Å². The Hall–Kier alpha value is -2.90. The average molecular weight is 326 g/mol. The van der Waals surface area contributed by atoms with Gasteiger partial charge in [0.15, 0.2) is 17.3 Å². The minimum atomic E-state index is -0.255. The van der Waals surface area contributed by atoms with Crippen LogP contribution in [-0.4, -0.2) is 30.9 Å². The Morgan fingerprint density at radius 3 is 3.17 bits per heavy atom. The smallest absolute Gasteiger partial charge is 0.272 e. The molecule has 0 fully saturated rings. The maximum atomic E-state index is 12.3. The Labute approximate surface area is 138 Å². The molecule has 0 saturated heterocycles. The lowest BCUT2D eigenvalue weighted by Crippen LogP contribution is -2.25. The predicted molar refractivity (Wildman–Crippen MR) is 85.0 cm³/mol. The maximum absolute atomic E-state index is 12.3. The number of H-pyrrole nitrogens is 1. The Balaban J connectivity index is 1.43. The van der Waals surface area contributed by atoms with Crippen molar-refractivity contribution < 1.29 is 9.21 Å². The summed E-state index contributed by atoms with van der Waals surface area (Å²) in [7, 11) is 0. The van der Waals surface area contributed by atoms with Gasteiger partial charge in [0, 0.05) is 19.0 Å². The quantitative estimate of drug-likeness (QED) is 0.762. The highest BCUT2D eigenvalue weighted by Crippen LogP contribution is 2.18. The van der Waals surface area contributed by atoms with E-state index in [1.54, 1.807) is 24.5 Å². The summed E-state index contributed by atoms with van der Waals surface area (Å²) in [5.41, 5.74) is 0.985. The second kappa shape index (κ2) is 6.31. The van der Waals surface area contributed by atoms with Gasteiger partial charge in [0.1, 0.15) is 11.5 Å². The first-order chi connectivity index (χ1) is 11.8. The molecule has 1 amide bonds. The first kappa shape index (κ1) is 14.7. The van der Waals surface area contributed by atoms with Crippen molar-refractivity contribution in [2.24, 2.45) is 0 Å². The van der Waals surface area contributed by atoms with Crippen LogP contribution in [0.25, 0.3) is 11.5 Å². The Bertz CT molecular complexity index is 833. The first-order valence-corrected chi connectivity index (χ1v) is 8.10. The second-order valence-corrected chi connectivity index (χ2v) is 5.82. The molecule has 3 aromatic heterocycles. The van der Waals surface area contributed by atoms with Gasteiger partial charge >= 0.3 is 0 Å². The highest BCUT2D eigenvalue weighted by atomic mass is 16.3. The van der Waals surface area contributed by atoms with E-state index in [0.29, 0.717) is 23.7 Å². The monoisotopic (exact) mass is 326 g/mol. The lowest BCUT2D eigenvalue weighted by atomic mass is 10.2. The number of hydrogen-bond acceptors (Lipinski definition) is 5. The van der Waals surface area contributed by atoms with E-state index >= 15 is 0 Å². The fourth-order valence-electron chi connectivity index (χ4n) is 2.92. The fourth-order valence-corrected chi connectivity index (χ4v) is 2.92. The molecule has 1 aliphatic heterocycles. The van der Waals surface area contributed by atoms with Gasteiger partial charge in [0.25, 0.3) is 5.91 Å². The minimum Gasteiger partial charge on any atom is -0.463 e. The summed E-state index contributed by atoms with van der Waals surface area (Å²) in [4.78, 5) is 12.3. The van der Waals surface area contributed by atoms with Crippen LogP contribution < -0.4 is 5.32 Å². The van der Waals surface area contributed by atoms with Gasteiger partial charge in [-0.2, -0.15) is 5.10 Å². The number of carbonyl (C=O) groups excluding carboxylic acids is 1. The van der Waals surface area contributed by atoms with E-state index in [0.717, 1.165) is 37.5 Å². The molecule has 0 unspecified atom stereocenters. The van der Waals surface area contributed by atoms with Crippen LogP contribution in [0.1, 0.15) is 41.4 Å². The molecule has 0 saturated carbocycles. The molecule has 0 atom stereocenters. The van der Waals surface area contributed by atoms with Crippen LogP contribution in [0.3, 0.4) is 0 Å². The molecule has 0 aromatic carbocycles. The van der Waals surface area contributed by atoms with Crippen molar-refractivity contribution in [2.45, 2.75) is 38.8 Å². The lowest BCUT2D eigenvalue weighted by molar-refractivity contribution is 0.0944. The molecular formula is C16H18N6O2. The number of aryl methyl sites for hydroxylation is 1. The molecule has 1 aliphatic rings. The zero-order valence-electron chi connectivity index (χ0n) is 13.2. The van der Waals surface area contributed by atoms with E-state index in [2.05, 4.69) is 30.3 Å². The average Bonchev–Trinajstić information content (AvgIpc) is 3.31. The third kappa shape index (κ3) is 2.82. The summed E-state index contributed by atoms with van der Waals surface area (Å²) in [5.74, 6) is 2.19. The van der Waals surface area contributed by atoms with Crippen LogP contribution in [0, 0.1) is 0 Å². The normalized spacial score (nSPS) is 14.2. The number of aromatic nitrogens is 5. The molecule has 8 nitrogen and oxygen atoms in total. The summed E-state index contributed by atoms with van der Waals surface area (Å²) >= 11 is 0. The van der Waals surface area contributed by atoms with E-state index in [1.807, 2.05) is 0 Å². The largest absolute Gasteiger partial charge is 0.463 e. The summed E-state index contributed by atoms with van der Waals surface area (Å²) in [6, 6.07) is 5.26. The van der Waals surface area contributed by atoms with Crippen LogP contribution in [0.4, 0.5) is 0 Å². The van der Waals surface area contributed by atoms with Gasteiger partial charge in [-0.05, 0) is 25.0 Å². The molecule has 0 spiro atoms. The van der Waals surface area contributed by atoms with Crippen LogP contribution in [-0.2, 0) is 19.5 Å². The summed E-state index contributed by atoms with van der Waals surface area (Å²) in [6.45, 7) is 1.26. The van der Waals surface area contributed by atoms with Gasteiger partial charge in [-0.15, -0.1) is 10.2 Å². The Morgan fingerprint density at radius 1 is 1.33 bits per heavy atom. The molecule has 4 rings (SSSR count). The van der Waals surface area contributed by atoms with E-state index in [-0.39, 0.29) is 5.91 Å². The molecule has 124 valence electrons. The number of fused-ring (bicyclic) bond motifs is 1. The van der Waals surface area contributed by atoms with Crippen molar-refractivity contribution in [1.29, 1.82) is 0 Å². The van der Waals surface area contributed by atoms with Gasteiger partial charge in [-0.3, -0.25) is 9.89 Å². The number of furan rings is 1. The van der Waals surface area contributed by atoms with Gasteiger partial charge in [0.2, 0.25) is 0 Å². The lowest BCUT2D eigenvalue weighted by Gasteiger charge is -2.07. The number of aromatic amines is 1. The molecule has 4 heterocycles. The molecule has 2 N–H and O–H groups in total. The third-order valence-electron chi connectivity index (χ3n) is 4.19. The van der Waals surface area contributed by atoms with Crippen molar-refractivity contribution in [3.8, 4) is 11.5 Å². The van der Waals surface area contributed by atoms with Gasteiger partial charge in [-0.1, -0.05) is 6.42 Å². The molecular weight excluding hydrogens is 308 g/mol.